The summed E-state index contributed by atoms with van der Waals surface area (Å²) in [5.74, 6) is 0.206. The number of unbranched alkanes of at least 4 members (excludes halogenated alkanes) is 4. The zero-order chi connectivity index (χ0) is 15.1. The molecule has 0 N–H and O–H groups in total. The minimum atomic E-state index is 0.206. The van der Waals surface area contributed by atoms with Gasteiger partial charge in [0.05, 0.1) is 5.56 Å². The van der Waals surface area contributed by atoms with Crippen LogP contribution in [0.2, 0.25) is 0 Å². The monoisotopic (exact) mass is 607 g/mol. The summed E-state index contributed by atoms with van der Waals surface area (Å²) in [6.07, 6.45) is 6.37. The van der Waals surface area contributed by atoms with Crippen molar-refractivity contribution in [1.82, 2.24) is 0 Å². The summed E-state index contributed by atoms with van der Waals surface area (Å²) in [5, 5.41) is 9.07. The summed E-state index contributed by atoms with van der Waals surface area (Å²) in [6, 6.07) is 4.00. The van der Waals surface area contributed by atoms with Crippen molar-refractivity contribution in [3.05, 3.63) is 27.9 Å². The first kappa shape index (κ1) is 18.6. The molecule has 0 aliphatic heterocycles. The second-order valence-electron chi connectivity index (χ2n) is 4.61. The molecule has 0 heterocycles. The maximum Gasteiger partial charge on any atom is 0.165 e. The fourth-order valence-electron chi connectivity index (χ4n) is 1.95. The molecular formula is C15H16I3NO. The second-order valence-corrected chi connectivity index (χ2v) is 7.93. The largest absolute Gasteiger partial charge is 0.294 e. The number of halogens is 3. The van der Waals surface area contributed by atoms with Crippen LogP contribution in [0.25, 0.3) is 0 Å². The van der Waals surface area contributed by atoms with Crippen LogP contribution in [0.4, 0.5) is 0 Å². The fourth-order valence-corrected chi connectivity index (χ4v) is 4.77. The highest BCUT2D eigenvalue weighted by Crippen LogP contribution is 2.29. The molecule has 0 atom stereocenters. The lowest BCUT2D eigenvalue weighted by atomic mass is 10.0. The number of Topliss-reactive ketones (excluding diaryl/α,β-unsaturated/α-hetero) is 1. The summed E-state index contributed by atoms with van der Waals surface area (Å²) in [7, 11) is 0. The van der Waals surface area contributed by atoms with Crippen LogP contribution in [0.5, 0.6) is 0 Å². The van der Waals surface area contributed by atoms with Crippen LogP contribution in [0.1, 0.15) is 61.4 Å². The summed E-state index contributed by atoms with van der Waals surface area (Å²) < 4.78 is 2.70. The quantitative estimate of drug-likeness (QED) is 0.168. The lowest BCUT2D eigenvalue weighted by Gasteiger charge is -2.10. The first-order valence-corrected chi connectivity index (χ1v) is 9.87. The van der Waals surface area contributed by atoms with Crippen LogP contribution < -0.4 is 0 Å². The van der Waals surface area contributed by atoms with E-state index >= 15 is 0 Å². The Bertz CT molecular complexity index is 535. The number of nitriles is 1. The van der Waals surface area contributed by atoms with Crippen LogP contribution in [0.15, 0.2) is 6.07 Å². The van der Waals surface area contributed by atoms with Crippen LogP contribution >= 0.6 is 67.8 Å². The Balaban J connectivity index is 2.79. The van der Waals surface area contributed by atoms with Gasteiger partial charge >= 0.3 is 0 Å². The molecule has 0 unspecified atom stereocenters. The standard InChI is InChI=1S/C15H16I3NO/c1-2-3-4-5-6-7-12(20)13-11(16)8-10(9-19)14(17)15(13)18/h8H,2-7H2,1H3. The first-order valence-electron chi connectivity index (χ1n) is 6.63. The molecule has 0 spiro atoms. The van der Waals surface area contributed by atoms with E-state index in [2.05, 4.69) is 80.8 Å². The third-order valence-electron chi connectivity index (χ3n) is 3.07. The van der Waals surface area contributed by atoms with Gasteiger partial charge in [0.15, 0.2) is 5.78 Å². The molecule has 108 valence electrons. The molecule has 0 aromatic heterocycles. The first-order chi connectivity index (χ1) is 9.52. The lowest BCUT2D eigenvalue weighted by molar-refractivity contribution is 0.0977. The highest BCUT2D eigenvalue weighted by atomic mass is 127. The number of ketones is 1. The molecule has 0 saturated carbocycles. The molecule has 5 heteroatoms. The Labute approximate surface area is 161 Å². The predicted octanol–water partition coefficient (Wildman–Crippen LogP) is 5.92. The van der Waals surface area contributed by atoms with Gasteiger partial charge in [0, 0.05) is 22.7 Å². The van der Waals surface area contributed by atoms with Gasteiger partial charge in [0.2, 0.25) is 0 Å². The van der Waals surface area contributed by atoms with E-state index < -0.39 is 0 Å². The van der Waals surface area contributed by atoms with E-state index in [1.54, 1.807) is 0 Å². The van der Waals surface area contributed by atoms with E-state index in [1.807, 2.05) is 6.07 Å². The molecule has 0 saturated heterocycles. The van der Waals surface area contributed by atoms with Crippen molar-refractivity contribution < 1.29 is 4.79 Å². The van der Waals surface area contributed by atoms with Gasteiger partial charge in [-0.3, -0.25) is 4.79 Å². The highest BCUT2D eigenvalue weighted by Gasteiger charge is 2.18. The van der Waals surface area contributed by atoms with Crippen molar-refractivity contribution in [3.8, 4) is 6.07 Å². The normalized spacial score (nSPS) is 10.3. The van der Waals surface area contributed by atoms with E-state index in [-0.39, 0.29) is 5.78 Å². The Kier molecular flexibility index (Phi) is 8.90. The molecule has 0 fully saturated rings. The van der Waals surface area contributed by atoms with Crippen LogP contribution in [0.3, 0.4) is 0 Å². The molecule has 0 amide bonds. The van der Waals surface area contributed by atoms with Gasteiger partial charge in [0.25, 0.3) is 0 Å². The molecule has 1 aromatic carbocycles. The highest BCUT2D eigenvalue weighted by molar-refractivity contribution is 14.1. The summed E-state index contributed by atoms with van der Waals surface area (Å²) >= 11 is 6.50. The van der Waals surface area contributed by atoms with E-state index in [1.165, 1.54) is 19.3 Å². The predicted molar refractivity (Wildman–Crippen MR) is 107 cm³/mol. The molecule has 0 aliphatic rings. The SMILES string of the molecule is CCCCCCCC(=O)c1c(I)cc(C#N)c(I)c1I. The number of rotatable bonds is 7. The average Bonchev–Trinajstić information content (AvgIpc) is 2.42. The van der Waals surface area contributed by atoms with Gasteiger partial charge in [-0.2, -0.15) is 5.26 Å². The van der Waals surface area contributed by atoms with Gasteiger partial charge in [-0.05, 0) is 80.3 Å². The second kappa shape index (κ2) is 9.56. The van der Waals surface area contributed by atoms with Crippen molar-refractivity contribution in [2.45, 2.75) is 45.4 Å². The number of hydrogen-bond acceptors (Lipinski definition) is 2. The van der Waals surface area contributed by atoms with Crippen LogP contribution in [-0.4, -0.2) is 5.78 Å². The van der Waals surface area contributed by atoms with Crippen molar-refractivity contribution in [3.63, 3.8) is 0 Å². The maximum atomic E-state index is 12.4. The summed E-state index contributed by atoms with van der Waals surface area (Å²) in [4.78, 5) is 12.4. The van der Waals surface area contributed by atoms with Crippen molar-refractivity contribution >= 4 is 73.6 Å². The molecule has 0 radical (unpaired) electrons. The van der Waals surface area contributed by atoms with E-state index in [9.17, 15) is 4.79 Å². The minimum absolute atomic E-state index is 0.206. The number of carbonyl (C=O) groups is 1. The molecule has 1 rings (SSSR count). The summed E-state index contributed by atoms with van der Waals surface area (Å²) in [6.45, 7) is 2.19. The van der Waals surface area contributed by atoms with Crippen molar-refractivity contribution in [1.29, 1.82) is 5.26 Å². The third-order valence-corrected chi connectivity index (χ3v) is 7.15. The third kappa shape index (κ3) is 5.09. The van der Waals surface area contributed by atoms with E-state index in [0.29, 0.717) is 12.0 Å². The smallest absolute Gasteiger partial charge is 0.165 e. The summed E-state index contributed by atoms with van der Waals surface area (Å²) in [5.41, 5.74) is 1.45. The van der Waals surface area contributed by atoms with Gasteiger partial charge in [-0.1, -0.05) is 32.6 Å². The molecule has 0 aliphatic carbocycles. The number of carbonyl (C=O) groups excluding carboxylic acids is 1. The van der Waals surface area contributed by atoms with Crippen molar-refractivity contribution in [2.75, 3.05) is 0 Å². The number of hydrogen-bond donors (Lipinski definition) is 0. The zero-order valence-corrected chi connectivity index (χ0v) is 17.8. The minimum Gasteiger partial charge on any atom is -0.294 e. The maximum absolute atomic E-state index is 12.4. The molecule has 20 heavy (non-hydrogen) atoms. The molecule has 0 bridgehead atoms. The van der Waals surface area contributed by atoms with Crippen molar-refractivity contribution in [2.24, 2.45) is 0 Å². The van der Waals surface area contributed by atoms with E-state index in [0.717, 1.165) is 29.1 Å². The van der Waals surface area contributed by atoms with Gasteiger partial charge in [-0.25, -0.2) is 0 Å². The van der Waals surface area contributed by atoms with E-state index in [4.69, 9.17) is 5.26 Å². The number of benzene rings is 1. The lowest BCUT2D eigenvalue weighted by Crippen LogP contribution is -2.07. The Morgan fingerprint density at radius 1 is 1.15 bits per heavy atom. The average molecular weight is 607 g/mol. The molecular weight excluding hydrogens is 591 g/mol. The van der Waals surface area contributed by atoms with Crippen LogP contribution in [-0.2, 0) is 0 Å². The zero-order valence-electron chi connectivity index (χ0n) is 11.3. The van der Waals surface area contributed by atoms with Gasteiger partial charge in [-0.15, -0.1) is 0 Å². The fraction of sp³-hybridized carbons (Fsp3) is 0.467. The van der Waals surface area contributed by atoms with Gasteiger partial charge < -0.3 is 0 Å². The topological polar surface area (TPSA) is 40.9 Å². The van der Waals surface area contributed by atoms with Crippen LogP contribution in [0, 0.1) is 22.0 Å². The molecule has 1 aromatic rings. The van der Waals surface area contributed by atoms with Gasteiger partial charge in [0.1, 0.15) is 6.07 Å². The Morgan fingerprint density at radius 2 is 1.80 bits per heavy atom. The molecule has 2 nitrogen and oxygen atoms in total. The Morgan fingerprint density at radius 3 is 2.40 bits per heavy atom. The Hall–Kier alpha value is 0.570. The number of nitrogens with zero attached hydrogens (tertiary/aromatic N) is 1.